The van der Waals surface area contributed by atoms with Crippen molar-refractivity contribution in [3.05, 3.63) is 82.2 Å². The van der Waals surface area contributed by atoms with Gasteiger partial charge >= 0.3 is 0 Å². The zero-order chi connectivity index (χ0) is 17.6. The summed E-state index contributed by atoms with van der Waals surface area (Å²) in [7, 11) is 0. The highest BCUT2D eigenvalue weighted by molar-refractivity contribution is 6.31. The molecule has 0 aliphatic rings. The third kappa shape index (κ3) is 4.92. The van der Waals surface area contributed by atoms with Gasteiger partial charge in [0, 0.05) is 22.3 Å². The summed E-state index contributed by atoms with van der Waals surface area (Å²) >= 11 is 11.7. The Kier molecular flexibility index (Phi) is 5.48. The molecule has 0 radical (unpaired) electrons. The summed E-state index contributed by atoms with van der Waals surface area (Å²) in [5, 5.41) is 7.10. The van der Waals surface area contributed by atoms with Crippen molar-refractivity contribution in [2.45, 2.75) is 6.54 Å². The van der Waals surface area contributed by atoms with Crippen LogP contribution in [0.3, 0.4) is 0 Å². The minimum Gasteiger partial charge on any atom is -0.365 e. The van der Waals surface area contributed by atoms with Crippen molar-refractivity contribution in [2.75, 3.05) is 10.6 Å². The van der Waals surface area contributed by atoms with Crippen LogP contribution in [0.1, 0.15) is 16.1 Å². The van der Waals surface area contributed by atoms with E-state index in [2.05, 4.69) is 20.6 Å². The van der Waals surface area contributed by atoms with Crippen molar-refractivity contribution in [3.63, 3.8) is 0 Å². The molecule has 0 spiro atoms. The van der Waals surface area contributed by atoms with E-state index in [0.717, 1.165) is 5.56 Å². The van der Waals surface area contributed by atoms with Crippen LogP contribution in [0.15, 0.2) is 60.9 Å². The second kappa shape index (κ2) is 7.96. The molecule has 25 heavy (non-hydrogen) atoms. The van der Waals surface area contributed by atoms with Gasteiger partial charge in [0.15, 0.2) is 0 Å². The normalized spacial score (nSPS) is 10.3. The first-order valence-corrected chi connectivity index (χ1v) is 8.23. The molecule has 2 aromatic carbocycles. The van der Waals surface area contributed by atoms with Gasteiger partial charge in [0.25, 0.3) is 5.91 Å². The first kappa shape index (κ1) is 17.2. The molecule has 0 fully saturated rings. The maximum absolute atomic E-state index is 12.2. The van der Waals surface area contributed by atoms with Gasteiger partial charge in [0.05, 0.1) is 12.4 Å². The smallest absolute Gasteiger partial charge is 0.275 e. The van der Waals surface area contributed by atoms with Crippen LogP contribution in [0.25, 0.3) is 0 Å². The Labute approximate surface area is 155 Å². The molecule has 0 saturated carbocycles. The van der Waals surface area contributed by atoms with Gasteiger partial charge in [0.1, 0.15) is 11.5 Å². The van der Waals surface area contributed by atoms with Crippen LogP contribution in [0.4, 0.5) is 11.5 Å². The van der Waals surface area contributed by atoms with Gasteiger partial charge in [0.2, 0.25) is 0 Å². The fourth-order valence-electron chi connectivity index (χ4n) is 2.09. The van der Waals surface area contributed by atoms with E-state index >= 15 is 0 Å². The van der Waals surface area contributed by atoms with Crippen LogP contribution in [0, 0.1) is 0 Å². The largest absolute Gasteiger partial charge is 0.365 e. The molecule has 126 valence electrons. The third-order valence-corrected chi connectivity index (χ3v) is 3.84. The Bertz CT molecular complexity index is 867. The van der Waals surface area contributed by atoms with E-state index in [-0.39, 0.29) is 11.6 Å². The quantitative estimate of drug-likeness (QED) is 0.683. The molecule has 3 aromatic rings. The van der Waals surface area contributed by atoms with E-state index in [1.807, 2.05) is 24.3 Å². The van der Waals surface area contributed by atoms with E-state index < -0.39 is 0 Å². The molecule has 0 unspecified atom stereocenters. The molecule has 7 heteroatoms. The molecular weight excluding hydrogens is 359 g/mol. The highest BCUT2D eigenvalue weighted by atomic mass is 35.5. The van der Waals surface area contributed by atoms with Crippen LogP contribution in [0.2, 0.25) is 10.0 Å². The number of rotatable bonds is 5. The van der Waals surface area contributed by atoms with Gasteiger partial charge in [-0.05, 0) is 35.9 Å². The van der Waals surface area contributed by atoms with E-state index in [4.69, 9.17) is 23.2 Å². The molecule has 5 nitrogen and oxygen atoms in total. The summed E-state index contributed by atoms with van der Waals surface area (Å²) in [5.74, 6) is 0.230. The highest BCUT2D eigenvalue weighted by Crippen LogP contribution is 2.16. The Hall–Kier alpha value is -2.63. The van der Waals surface area contributed by atoms with Crippen LogP contribution in [-0.2, 0) is 6.54 Å². The summed E-state index contributed by atoms with van der Waals surface area (Å²) in [6.07, 6.45) is 2.94. The molecule has 0 saturated heterocycles. The van der Waals surface area contributed by atoms with Crippen molar-refractivity contribution in [1.29, 1.82) is 0 Å². The van der Waals surface area contributed by atoms with Gasteiger partial charge in [-0.2, -0.15) is 0 Å². The van der Waals surface area contributed by atoms with Gasteiger partial charge in [-0.3, -0.25) is 4.79 Å². The lowest BCUT2D eigenvalue weighted by Crippen LogP contribution is -2.14. The molecule has 3 rings (SSSR count). The predicted molar refractivity (Wildman–Crippen MR) is 100 cm³/mol. The average Bonchev–Trinajstić information content (AvgIpc) is 2.62. The molecule has 0 aliphatic heterocycles. The molecule has 1 heterocycles. The Morgan fingerprint density at radius 3 is 2.44 bits per heavy atom. The molecule has 0 bridgehead atoms. The number of nitrogens with zero attached hydrogens (tertiary/aromatic N) is 2. The van der Waals surface area contributed by atoms with Crippen LogP contribution in [-0.4, -0.2) is 15.9 Å². The van der Waals surface area contributed by atoms with Crippen molar-refractivity contribution < 1.29 is 4.79 Å². The SMILES string of the molecule is O=C(Nc1cccc(Cl)c1)c1cnc(NCc2ccc(Cl)cc2)cn1. The number of amides is 1. The van der Waals surface area contributed by atoms with Gasteiger partial charge in [-0.1, -0.05) is 41.4 Å². The van der Waals surface area contributed by atoms with E-state index in [1.54, 1.807) is 24.3 Å². The van der Waals surface area contributed by atoms with Crippen molar-refractivity contribution in [2.24, 2.45) is 0 Å². The second-order valence-electron chi connectivity index (χ2n) is 5.23. The predicted octanol–water partition coefficient (Wildman–Crippen LogP) is 4.65. The zero-order valence-electron chi connectivity index (χ0n) is 13.0. The fourth-order valence-corrected chi connectivity index (χ4v) is 2.41. The number of hydrogen-bond donors (Lipinski definition) is 2. The standard InChI is InChI=1S/C18H14Cl2N4O/c19-13-6-4-12(5-7-13)9-22-17-11-21-16(10-23-17)18(25)24-15-3-1-2-14(20)8-15/h1-8,10-11H,9H2,(H,22,23)(H,24,25). The van der Waals surface area contributed by atoms with E-state index in [0.29, 0.717) is 28.1 Å². The van der Waals surface area contributed by atoms with Crippen LogP contribution < -0.4 is 10.6 Å². The summed E-state index contributed by atoms with van der Waals surface area (Å²) in [6.45, 7) is 0.583. The average molecular weight is 373 g/mol. The van der Waals surface area contributed by atoms with Crippen molar-refractivity contribution >= 4 is 40.6 Å². The highest BCUT2D eigenvalue weighted by Gasteiger charge is 2.08. The summed E-state index contributed by atoms with van der Waals surface area (Å²) in [6, 6.07) is 14.4. The Balaban J connectivity index is 1.59. The molecule has 2 N–H and O–H groups in total. The van der Waals surface area contributed by atoms with Gasteiger partial charge in [-0.25, -0.2) is 9.97 Å². The number of nitrogens with one attached hydrogen (secondary N) is 2. The van der Waals surface area contributed by atoms with E-state index in [9.17, 15) is 4.79 Å². The molecule has 1 aromatic heterocycles. The lowest BCUT2D eigenvalue weighted by atomic mass is 10.2. The first-order valence-electron chi connectivity index (χ1n) is 7.47. The number of halogens is 2. The summed E-state index contributed by atoms with van der Waals surface area (Å²) in [4.78, 5) is 20.5. The van der Waals surface area contributed by atoms with Crippen molar-refractivity contribution in [1.82, 2.24) is 9.97 Å². The lowest BCUT2D eigenvalue weighted by molar-refractivity contribution is 0.102. The first-order chi connectivity index (χ1) is 12.1. The number of carbonyl (C=O) groups is 1. The maximum Gasteiger partial charge on any atom is 0.275 e. The lowest BCUT2D eigenvalue weighted by Gasteiger charge is -2.07. The van der Waals surface area contributed by atoms with E-state index in [1.165, 1.54) is 12.4 Å². The van der Waals surface area contributed by atoms with Gasteiger partial charge in [-0.15, -0.1) is 0 Å². The fraction of sp³-hybridized carbons (Fsp3) is 0.0556. The van der Waals surface area contributed by atoms with Crippen LogP contribution in [0.5, 0.6) is 0 Å². The number of anilines is 2. The van der Waals surface area contributed by atoms with Crippen molar-refractivity contribution in [3.8, 4) is 0 Å². The molecule has 1 amide bonds. The number of benzene rings is 2. The molecular formula is C18H14Cl2N4O. The third-order valence-electron chi connectivity index (χ3n) is 3.35. The minimum atomic E-state index is -0.348. The number of hydrogen-bond acceptors (Lipinski definition) is 4. The van der Waals surface area contributed by atoms with Crippen LogP contribution >= 0.6 is 23.2 Å². The minimum absolute atomic E-state index is 0.219. The number of carbonyl (C=O) groups excluding carboxylic acids is 1. The summed E-state index contributed by atoms with van der Waals surface area (Å²) < 4.78 is 0. The molecule has 0 atom stereocenters. The summed E-state index contributed by atoms with van der Waals surface area (Å²) in [5.41, 5.74) is 1.88. The second-order valence-corrected chi connectivity index (χ2v) is 6.10. The maximum atomic E-state index is 12.2. The molecule has 0 aliphatic carbocycles. The van der Waals surface area contributed by atoms with Gasteiger partial charge < -0.3 is 10.6 Å². The number of aromatic nitrogens is 2. The zero-order valence-corrected chi connectivity index (χ0v) is 14.6. The topological polar surface area (TPSA) is 66.9 Å². The monoisotopic (exact) mass is 372 g/mol. The Morgan fingerprint density at radius 1 is 0.960 bits per heavy atom. The Morgan fingerprint density at radius 2 is 1.76 bits per heavy atom.